The highest BCUT2D eigenvalue weighted by Crippen LogP contribution is 2.14. The topological polar surface area (TPSA) is 50.4 Å². The molecule has 0 fully saturated rings. The van der Waals surface area contributed by atoms with Crippen molar-refractivity contribution in [1.29, 1.82) is 0 Å². The Morgan fingerprint density at radius 1 is 1.23 bits per heavy atom. The molecule has 1 unspecified atom stereocenters. The van der Waals surface area contributed by atoms with E-state index in [9.17, 15) is 4.79 Å². The molecule has 1 atom stereocenters. The summed E-state index contributed by atoms with van der Waals surface area (Å²) in [6.45, 7) is 8.89. The fourth-order valence-electron chi connectivity index (χ4n) is 1.74. The average molecular weight is 416 g/mol. The number of rotatable bonds is 6. The lowest BCUT2D eigenvalue weighted by Crippen LogP contribution is -2.32. The van der Waals surface area contributed by atoms with E-state index < -0.39 is 11.7 Å². The first kappa shape index (κ1) is 19.0. The van der Waals surface area contributed by atoms with E-state index in [1.165, 1.54) is 9.13 Å². The van der Waals surface area contributed by atoms with Gasteiger partial charge in [-0.15, -0.1) is 0 Å². The summed E-state index contributed by atoms with van der Waals surface area (Å²) in [5, 5.41) is 6.10. The SMILES string of the molecule is CC(NC/C=C/CNC(=O)OC(C)(C)C)c1ccc(I)cc1. The third-order valence-corrected chi connectivity index (χ3v) is 3.56. The highest BCUT2D eigenvalue weighted by Gasteiger charge is 2.14. The van der Waals surface area contributed by atoms with Gasteiger partial charge in [-0.05, 0) is 68.0 Å². The number of benzene rings is 1. The van der Waals surface area contributed by atoms with Gasteiger partial charge < -0.3 is 15.4 Å². The van der Waals surface area contributed by atoms with Gasteiger partial charge in [0.2, 0.25) is 0 Å². The van der Waals surface area contributed by atoms with Gasteiger partial charge in [-0.1, -0.05) is 24.3 Å². The fraction of sp³-hybridized carbons (Fsp3) is 0.471. The van der Waals surface area contributed by atoms with Crippen LogP contribution in [0, 0.1) is 3.57 Å². The average Bonchev–Trinajstić information content (AvgIpc) is 2.41. The summed E-state index contributed by atoms with van der Waals surface area (Å²) < 4.78 is 6.39. The van der Waals surface area contributed by atoms with Crippen LogP contribution in [0.25, 0.3) is 0 Å². The molecular formula is C17H25IN2O2. The molecule has 4 nitrogen and oxygen atoms in total. The summed E-state index contributed by atoms with van der Waals surface area (Å²) in [5.74, 6) is 0. The first-order chi connectivity index (χ1) is 10.3. The standard InChI is InChI=1S/C17H25IN2O2/c1-13(14-7-9-15(18)10-8-14)19-11-5-6-12-20-16(21)22-17(2,3)4/h5-10,13,19H,11-12H2,1-4H3,(H,20,21)/b6-5+. The van der Waals surface area contributed by atoms with Gasteiger partial charge in [0.05, 0.1) is 0 Å². The molecule has 1 aromatic rings. The zero-order chi connectivity index (χ0) is 16.6. The number of amides is 1. The van der Waals surface area contributed by atoms with Gasteiger partial charge in [0.25, 0.3) is 0 Å². The minimum absolute atomic E-state index is 0.292. The van der Waals surface area contributed by atoms with Crippen LogP contribution in [0.4, 0.5) is 4.79 Å². The molecular weight excluding hydrogens is 391 g/mol. The van der Waals surface area contributed by atoms with Crippen molar-refractivity contribution in [2.45, 2.75) is 39.3 Å². The minimum atomic E-state index is -0.460. The Balaban J connectivity index is 2.21. The van der Waals surface area contributed by atoms with E-state index >= 15 is 0 Å². The van der Waals surface area contributed by atoms with Crippen LogP contribution in [0.15, 0.2) is 36.4 Å². The highest BCUT2D eigenvalue weighted by atomic mass is 127. The molecule has 0 aliphatic heterocycles. The minimum Gasteiger partial charge on any atom is -0.444 e. The largest absolute Gasteiger partial charge is 0.444 e. The summed E-state index contributed by atoms with van der Waals surface area (Å²) in [4.78, 5) is 11.4. The molecule has 1 aromatic carbocycles. The van der Waals surface area contributed by atoms with E-state index in [-0.39, 0.29) is 0 Å². The lowest BCUT2D eigenvalue weighted by Gasteiger charge is -2.19. The molecule has 0 saturated heterocycles. The van der Waals surface area contributed by atoms with Crippen LogP contribution in [0.1, 0.15) is 39.3 Å². The van der Waals surface area contributed by atoms with E-state index in [0.29, 0.717) is 12.6 Å². The van der Waals surface area contributed by atoms with Crippen molar-refractivity contribution < 1.29 is 9.53 Å². The molecule has 1 rings (SSSR count). The van der Waals surface area contributed by atoms with E-state index in [1.807, 2.05) is 32.9 Å². The Labute approximate surface area is 146 Å². The Hall–Kier alpha value is -1.08. The fourth-order valence-corrected chi connectivity index (χ4v) is 2.10. The van der Waals surface area contributed by atoms with Gasteiger partial charge >= 0.3 is 6.09 Å². The maximum absolute atomic E-state index is 11.4. The summed E-state index contributed by atoms with van der Waals surface area (Å²) in [6, 6.07) is 8.77. The van der Waals surface area contributed by atoms with E-state index in [2.05, 4.69) is 64.4 Å². The molecule has 22 heavy (non-hydrogen) atoms. The van der Waals surface area contributed by atoms with Crippen molar-refractivity contribution in [3.8, 4) is 0 Å². The lowest BCUT2D eigenvalue weighted by atomic mass is 10.1. The van der Waals surface area contributed by atoms with Gasteiger partial charge in [-0.25, -0.2) is 4.79 Å². The monoisotopic (exact) mass is 416 g/mol. The lowest BCUT2D eigenvalue weighted by molar-refractivity contribution is 0.0534. The number of carbonyl (C=O) groups is 1. The van der Waals surface area contributed by atoms with Gasteiger partial charge in [-0.3, -0.25) is 0 Å². The van der Waals surface area contributed by atoms with E-state index in [0.717, 1.165) is 6.54 Å². The number of alkyl carbamates (subject to hydrolysis) is 1. The van der Waals surface area contributed by atoms with Crippen molar-refractivity contribution in [3.63, 3.8) is 0 Å². The van der Waals surface area contributed by atoms with Crippen LogP contribution in [0.3, 0.4) is 0 Å². The van der Waals surface area contributed by atoms with Crippen LogP contribution < -0.4 is 10.6 Å². The molecule has 0 aromatic heterocycles. The summed E-state index contributed by atoms with van der Waals surface area (Å²) >= 11 is 2.30. The second-order valence-electron chi connectivity index (χ2n) is 6.04. The number of ether oxygens (including phenoxy) is 1. The second-order valence-corrected chi connectivity index (χ2v) is 7.28. The Morgan fingerprint density at radius 3 is 2.41 bits per heavy atom. The number of hydrogen-bond donors (Lipinski definition) is 2. The smallest absolute Gasteiger partial charge is 0.407 e. The van der Waals surface area contributed by atoms with Crippen molar-refractivity contribution >= 4 is 28.7 Å². The first-order valence-corrected chi connectivity index (χ1v) is 8.46. The molecule has 2 N–H and O–H groups in total. The predicted octanol–water partition coefficient (Wildman–Crippen LogP) is 4.02. The highest BCUT2D eigenvalue weighted by molar-refractivity contribution is 14.1. The van der Waals surface area contributed by atoms with Crippen LogP contribution in [-0.4, -0.2) is 24.8 Å². The van der Waals surface area contributed by atoms with Crippen LogP contribution in [0.2, 0.25) is 0 Å². The number of carbonyl (C=O) groups excluding carboxylic acids is 1. The van der Waals surface area contributed by atoms with Gasteiger partial charge in [0.15, 0.2) is 0 Å². The number of nitrogens with one attached hydrogen (secondary N) is 2. The Morgan fingerprint density at radius 2 is 1.82 bits per heavy atom. The van der Waals surface area contributed by atoms with E-state index in [4.69, 9.17) is 4.74 Å². The van der Waals surface area contributed by atoms with Crippen LogP contribution in [0.5, 0.6) is 0 Å². The predicted molar refractivity (Wildman–Crippen MR) is 99.0 cm³/mol. The maximum atomic E-state index is 11.4. The number of halogens is 1. The summed E-state index contributed by atoms with van der Waals surface area (Å²) in [7, 11) is 0. The third-order valence-electron chi connectivity index (χ3n) is 2.84. The zero-order valence-corrected chi connectivity index (χ0v) is 15.8. The zero-order valence-electron chi connectivity index (χ0n) is 13.7. The molecule has 0 aliphatic carbocycles. The molecule has 1 amide bonds. The summed E-state index contributed by atoms with van der Waals surface area (Å²) in [6.07, 6.45) is 3.52. The molecule has 122 valence electrons. The molecule has 5 heteroatoms. The van der Waals surface area contributed by atoms with Crippen LogP contribution in [-0.2, 0) is 4.74 Å². The quantitative estimate of drug-likeness (QED) is 0.544. The molecule has 0 aliphatic rings. The molecule has 0 spiro atoms. The first-order valence-electron chi connectivity index (χ1n) is 7.38. The van der Waals surface area contributed by atoms with Crippen LogP contribution >= 0.6 is 22.6 Å². The van der Waals surface area contributed by atoms with Gasteiger partial charge in [0, 0.05) is 22.7 Å². The molecule has 0 radical (unpaired) electrons. The van der Waals surface area contributed by atoms with Crippen molar-refractivity contribution in [2.75, 3.05) is 13.1 Å². The van der Waals surface area contributed by atoms with Gasteiger partial charge in [0.1, 0.15) is 5.60 Å². The van der Waals surface area contributed by atoms with Gasteiger partial charge in [-0.2, -0.15) is 0 Å². The van der Waals surface area contributed by atoms with Crippen molar-refractivity contribution in [2.24, 2.45) is 0 Å². The normalized spacial score (nSPS) is 13.1. The third kappa shape index (κ3) is 8.38. The van der Waals surface area contributed by atoms with Crippen molar-refractivity contribution in [1.82, 2.24) is 10.6 Å². The molecule has 0 heterocycles. The maximum Gasteiger partial charge on any atom is 0.407 e. The Bertz CT molecular complexity index is 492. The van der Waals surface area contributed by atoms with E-state index in [1.54, 1.807) is 0 Å². The molecule has 0 bridgehead atoms. The van der Waals surface area contributed by atoms with Crippen molar-refractivity contribution in [3.05, 3.63) is 45.6 Å². The summed E-state index contributed by atoms with van der Waals surface area (Å²) in [5.41, 5.74) is 0.804. The number of hydrogen-bond acceptors (Lipinski definition) is 3. The second kappa shape index (κ2) is 9.15. The molecule has 0 saturated carbocycles. The Kier molecular flexibility index (Phi) is 7.89.